The van der Waals surface area contributed by atoms with Gasteiger partial charge in [0.25, 0.3) is 6.43 Å². The molecule has 0 saturated carbocycles. The van der Waals surface area contributed by atoms with Crippen LogP contribution in [0.25, 0.3) is 0 Å². The van der Waals surface area contributed by atoms with E-state index in [0.717, 1.165) is 40.9 Å². The number of halogens is 2. The number of carbonyl (C=O) groups is 2. The lowest BCUT2D eigenvalue weighted by molar-refractivity contribution is -0.107. The van der Waals surface area contributed by atoms with Gasteiger partial charge in [0.1, 0.15) is 0 Å². The summed E-state index contributed by atoms with van der Waals surface area (Å²) >= 11 is 0. The zero-order valence-electron chi connectivity index (χ0n) is 18.7. The second kappa shape index (κ2) is 10.9. The van der Waals surface area contributed by atoms with Gasteiger partial charge in [-0.3, -0.25) is 9.69 Å². The summed E-state index contributed by atoms with van der Waals surface area (Å²) in [5, 5.41) is 0. The molecule has 2 aromatic rings. The number of amides is 2. The van der Waals surface area contributed by atoms with Crippen LogP contribution in [0.15, 0.2) is 36.4 Å². The molecule has 0 aliphatic carbocycles. The molecule has 0 aromatic heterocycles. The predicted octanol–water partition coefficient (Wildman–Crippen LogP) is 5.95. The third-order valence-corrected chi connectivity index (χ3v) is 5.32. The monoisotopic (exact) mass is 432 g/mol. The molecule has 0 saturated heterocycles. The Morgan fingerprint density at radius 1 is 1.10 bits per heavy atom. The van der Waals surface area contributed by atoms with Crippen molar-refractivity contribution in [3.8, 4) is 0 Å². The van der Waals surface area contributed by atoms with E-state index in [0.29, 0.717) is 13.2 Å². The number of nitrogens with zero attached hydrogens (tertiary/aromatic N) is 2. The Bertz CT molecular complexity index is 900. The van der Waals surface area contributed by atoms with Gasteiger partial charge in [-0.2, -0.15) is 0 Å². The third-order valence-electron chi connectivity index (χ3n) is 5.32. The Morgan fingerprint density at radius 3 is 2.16 bits per heavy atom. The van der Waals surface area contributed by atoms with E-state index >= 15 is 0 Å². The average Bonchev–Trinajstić information content (AvgIpc) is 2.74. The van der Waals surface area contributed by atoms with Crippen LogP contribution < -0.4 is 9.80 Å². The second-order valence-corrected chi connectivity index (χ2v) is 7.53. The van der Waals surface area contributed by atoms with Gasteiger partial charge in [0.05, 0.1) is 24.0 Å². The van der Waals surface area contributed by atoms with Gasteiger partial charge in [-0.25, -0.2) is 13.6 Å². The van der Waals surface area contributed by atoms with Crippen molar-refractivity contribution in [3.63, 3.8) is 0 Å². The molecule has 31 heavy (non-hydrogen) atoms. The maximum atomic E-state index is 12.3. The number of rotatable bonds is 4. The number of anilines is 2. The zero-order chi connectivity index (χ0) is 23.1. The highest BCUT2D eigenvalue weighted by atomic mass is 19.3. The van der Waals surface area contributed by atoms with E-state index in [9.17, 15) is 18.4 Å². The van der Waals surface area contributed by atoms with Crippen LogP contribution in [0.1, 0.15) is 48.9 Å². The van der Waals surface area contributed by atoms with Crippen molar-refractivity contribution in [2.45, 2.75) is 53.5 Å². The van der Waals surface area contributed by atoms with E-state index in [-0.39, 0.29) is 17.7 Å². The maximum absolute atomic E-state index is 12.3. The molecule has 1 atom stereocenters. The molecule has 1 unspecified atom stereocenters. The molecule has 0 bridgehead atoms. The lowest BCUT2D eigenvalue weighted by Gasteiger charge is -2.40. The first-order valence-electron chi connectivity index (χ1n) is 10.4. The van der Waals surface area contributed by atoms with Gasteiger partial charge in [-0.1, -0.05) is 36.8 Å². The van der Waals surface area contributed by atoms with E-state index in [1.165, 1.54) is 12.1 Å². The van der Waals surface area contributed by atoms with Crippen molar-refractivity contribution in [2.24, 2.45) is 0 Å². The minimum absolute atomic E-state index is 0.0659. The smallest absolute Gasteiger partial charge is 0.414 e. The largest absolute Gasteiger partial charge is 0.449 e. The summed E-state index contributed by atoms with van der Waals surface area (Å²) in [5.74, 6) is 0. The van der Waals surface area contributed by atoms with E-state index < -0.39 is 6.43 Å². The molecule has 168 valence electrons. The maximum Gasteiger partial charge on any atom is 0.414 e. The normalized spacial score (nSPS) is 15.2. The van der Waals surface area contributed by atoms with Crippen LogP contribution >= 0.6 is 0 Å². The lowest BCUT2D eigenvalue weighted by atomic mass is 10.0. The second-order valence-electron chi connectivity index (χ2n) is 7.53. The van der Waals surface area contributed by atoms with Crippen LogP contribution in [0.3, 0.4) is 0 Å². The number of carbonyl (C=O) groups excluding carboxylic acids is 2. The number of aryl methyl sites for hydroxylation is 3. The summed E-state index contributed by atoms with van der Waals surface area (Å²) in [7, 11) is 0. The summed E-state index contributed by atoms with van der Waals surface area (Å²) in [6.45, 7) is 10.5. The van der Waals surface area contributed by atoms with Crippen LogP contribution in [0.2, 0.25) is 0 Å². The topological polar surface area (TPSA) is 49.9 Å². The van der Waals surface area contributed by atoms with E-state index in [1.807, 2.05) is 39.8 Å². The molecule has 0 fully saturated rings. The lowest BCUT2D eigenvalue weighted by Crippen LogP contribution is -2.51. The van der Waals surface area contributed by atoms with Gasteiger partial charge in [-0.05, 0) is 57.4 Å². The fourth-order valence-electron chi connectivity index (χ4n) is 3.38. The van der Waals surface area contributed by atoms with Gasteiger partial charge in [-0.15, -0.1) is 0 Å². The van der Waals surface area contributed by atoms with Crippen LogP contribution in [-0.4, -0.2) is 31.7 Å². The Balaban J connectivity index is 0.000000285. The number of fused-ring (bicyclic) bond motifs is 1. The molecule has 0 radical (unpaired) electrons. The first kappa shape index (κ1) is 24.3. The number of hydrogen-bond acceptors (Lipinski definition) is 3. The molecule has 5 nitrogen and oxygen atoms in total. The van der Waals surface area contributed by atoms with Gasteiger partial charge in [0.2, 0.25) is 6.41 Å². The minimum Gasteiger partial charge on any atom is -0.449 e. The Morgan fingerprint density at radius 2 is 1.68 bits per heavy atom. The summed E-state index contributed by atoms with van der Waals surface area (Å²) < 4.78 is 29.0. The van der Waals surface area contributed by atoms with Crippen molar-refractivity contribution in [1.29, 1.82) is 0 Å². The van der Waals surface area contributed by atoms with Crippen LogP contribution in [0, 0.1) is 20.8 Å². The third kappa shape index (κ3) is 5.81. The van der Waals surface area contributed by atoms with Crippen LogP contribution in [-0.2, 0) is 9.53 Å². The SMILES string of the molecule is CCOC(=O)N1c2cc(C)c(C)cc2N(C=O)CC1CC.Cc1ccc(C(F)F)cc1. The molecule has 7 heteroatoms. The molecule has 1 aliphatic rings. The first-order valence-corrected chi connectivity index (χ1v) is 10.4. The van der Waals surface area contributed by atoms with E-state index in [2.05, 4.69) is 0 Å². The number of hydrogen-bond donors (Lipinski definition) is 0. The molecular formula is C24H30F2N2O3. The molecule has 3 rings (SSSR count). The van der Waals surface area contributed by atoms with Crippen LogP contribution in [0.5, 0.6) is 0 Å². The molecule has 0 spiro atoms. The molecule has 2 aromatic carbocycles. The Kier molecular flexibility index (Phi) is 8.54. The highest BCUT2D eigenvalue weighted by Crippen LogP contribution is 2.38. The first-order chi connectivity index (χ1) is 14.7. The number of ether oxygens (including phenoxy) is 1. The standard InChI is InChI=1S/C16H22N2O3.C8H8F2/c1-5-13-9-17(10-19)14-7-11(3)12(4)8-15(14)18(13)16(20)21-6-2;1-6-2-4-7(5-3-6)8(9)10/h7-8,10,13H,5-6,9H2,1-4H3;2-5,8H,1H3. The van der Waals surface area contributed by atoms with Crippen molar-refractivity contribution < 1.29 is 23.1 Å². The van der Waals surface area contributed by atoms with Gasteiger partial charge in [0.15, 0.2) is 0 Å². The Labute approximate surface area is 182 Å². The summed E-state index contributed by atoms with van der Waals surface area (Å²) in [4.78, 5) is 27.1. The molecular weight excluding hydrogens is 402 g/mol. The number of benzene rings is 2. The molecule has 2 amide bonds. The van der Waals surface area contributed by atoms with Gasteiger partial charge < -0.3 is 9.64 Å². The van der Waals surface area contributed by atoms with Gasteiger partial charge >= 0.3 is 6.09 Å². The zero-order valence-corrected chi connectivity index (χ0v) is 18.7. The summed E-state index contributed by atoms with van der Waals surface area (Å²) in [5.41, 5.74) is 4.80. The highest BCUT2D eigenvalue weighted by molar-refractivity contribution is 5.98. The summed E-state index contributed by atoms with van der Waals surface area (Å²) in [6, 6.07) is 10.1. The quantitative estimate of drug-likeness (QED) is 0.561. The molecule has 1 aliphatic heterocycles. The van der Waals surface area contributed by atoms with E-state index in [1.54, 1.807) is 28.9 Å². The van der Waals surface area contributed by atoms with Crippen molar-refractivity contribution in [3.05, 3.63) is 58.7 Å². The van der Waals surface area contributed by atoms with Crippen molar-refractivity contribution in [1.82, 2.24) is 0 Å². The van der Waals surface area contributed by atoms with E-state index in [4.69, 9.17) is 4.74 Å². The average molecular weight is 433 g/mol. The van der Waals surface area contributed by atoms with Crippen LogP contribution in [0.4, 0.5) is 25.0 Å². The summed E-state index contributed by atoms with van der Waals surface area (Å²) in [6.07, 6.45) is -1.10. The van der Waals surface area contributed by atoms with Gasteiger partial charge in [0, 0.05) is 12.1 Å². The van der Waals surface area contributed by atoms with Crippen molar-refractivity contribution in [2.75, 3.05) is 23.0 Å². The minimum atomic E-state index is -2.35. The predicted molar refractivity (Wildman–Crippen MR) is 119 cm³/mol. The fraction of sp³-hybridized carbons (Fsp3) is 0.417. The Hall–Kier alpha value is -2.96. The number of alkyl halides is 2. The highest BCUT2D eigenvalue weighted by Gasteiger charge is 2.35. The molecule has 0 N–H and O–H groups in total. The van der Waals surface area contributed by atoms with Crippen molar-refractivity contribution >= 4 is 23.9 Å². The molecule has 1 heterocycles. The fourth-order valence-corrected chi connectivity index (χ4v) is 3.38.